The molecule has 1 fully saturated rings. The lowest BCUT2D eigenvalue weighted by Gasteiger charge is -2.30. The van der Waals surface area contributed by atoms with Crippen LogP contribution in [0.4, 0.5) is 11.4 Å². The Balaban J connectivity index is 1.55. The van der Waals surface area contributed by atoms with Gasteiger partial charge in [-0.1, -0.05) is 48.6 Å². The van der Waals surface area contributed by atoms with Crippen molar-refractivity contribution in [2.45, 2.75) is 6.42 Å². The summed E-state index contributed by atoms with van der Waals surface area (Å²) >= 11 is 0. The zero-order valence-electron chi connectivity index (χ0n) is 14.1. The molecule has 4 rings (SSSR count). The van der Waals surface area contributed by atoms with Gasteiger partial charge in [0.25, 0.3) is 0 Å². The van der Waals surface area contributed by atoms with Crippen molar-refractivity contribution < 1.29 is 0 Å². The van der Waals surface area contributed by atoms with Gasteiger partial charge in [0.05, 0.1) is 0 Å². The van der Waals surface area contributed by atoms with Crippen LogP contribution in [0.25, 0.3) is 12.2 Å². The van der Waals surface area contributed by atoms with E-state index >= 15 is 0 Å². The largest absolute Gasteiger partial charge is 0.340 e. The third-order valence-corrected chi connectivity index (χ3v) is 4.96. The van der Waals surface area contributed by atoms with E-state index in [1.807, 2.05) is 0 Å². The molecule has 2 aliphatic rings. The van der Waals surface area contributed by atoms with Crippen molar-refractivity contribution in [1.29, 1.82) is 0 Å². The second-order valence-electron chi connectivity index (χ2n) is 6.55. The zero-order valence-corrected chi connectivity index (χ0v) is 14.1. The van der Waals surface area contributed by atoms with E-state index in [4.69, 9.17) is 0 Å². The lowest BCUT2D eigenvalue weighted by molar-refractivity contribution is 0.240. The summed E-state index contributed by atoms with van der Waals surface area (Å²) in [5, 5.41) is 3.43. The molecule has 3 heteroatoms. The van der Waals surface area contributed by atoms with E-state index in [2.05, 4.69) is 75.8 Å². The predicted molar refractivity (Wildman–Crippen MR) is 103 cm³/mol. The SMILES string of the molecule is C1=Cc2ccccc2N(CCCN2CCNCC2)c2ccccc21. The topological polar surface area (TPSA) is 18.5 Å². The van der Waals surface area contributed by atoms with E-state index in [1.165, 1.54) is 48.6 Å². The van der Waals surface area contributed by atoms with Crippen molar-refractivity contribution >= 4 is 23.5 Å². The highest BCUT2D eigenvalue weighted by atomic mass is 15.2. The molecule has 1 saturated heterocycles. The lowest BCUT2D eigenvalue weighted by atomic mass is 10.1. The Morgan fingerprint density at radius 2 is 1.33 bits per heavy atom. The molecular formula is C21H25N3. The number of nitrogens with one attached hydrogen (secondary N) is 1. The van der Waals surface area contributed by atoms with Crippen molar-refractivity contribution in [3.8, 4) is 0 Å². The molecule has 0 atom stereocenters. The van der Waals surface area contributed by atoms with Crippen molar-refractivity contribution in [2.75, 3.05) is 44.2 Å². The first kappa shape index (κ1) is 15.4. The molecule has 0 saturated carbocycles. The van der Waals surface area contributed by atoms with Crippen LogP contribution < -0.4 is 10.2 Å². The Morgan fingerprint density at radius 1 is 0.750 bits per heavy atom. The van der Waals surface area contributed by atoms with Gasteiger partial charge in [0.1, 0.15) is 0 Å². The predicted octanol–water partition coefficient (Wildman–Crippen LogP) is 3.60. The second kappa shape index (κ2) is 7.20. The molecule has 1 N–H and O–H groups in total. The van der Waals surface area contributed by atoms with Gasteiger partial charge in [-0.15, -0.1) is 0 Å². The van der Waals surface area contributed by atoms with E-state index in [9.17, 15) is 0 Å². The molecule has 0 amide bonds. The molecular weight excluding hydrogens is 294 g/mol. The number of rotatable bonds is 4. The number of para-hydroxylation sites is 2. The highest BCUT2D eigenvalue weighted by molar-refractivity contribution is 5.88. The van der Waals surface area contributed by atoms with Gasteiger partial charge in [0.15, 0.2) is 0 Å². The van der Waals surface area contributed by atoms with Gasteiger partial charge in [-0.05, 0) is 36.2 Å². The number of nitrogens with zero attached hydrogens (tertiary/aromatic N) is 2. The van der Waals surface area contributed by atoms with Crippen molar-refractivity contribution in [3.05, 3.63) is 59.7 Å². The molecule has 2 heterocycles. The Kier molecular flexibility index (Phi) is 4.63. The minimum Gasteiger partial charge on any atom is -0.340 e. The van der Waals surface area contributed by atoms with E-state index in [1.54, 1.807) is 0 Å². The summed E-state index contributed by atoms with van der Waals surface area (Å²) in [5.41, 5.74) is 5.24. The van der Waals surface area contributed by atoms with Crippen molar-refractivity contribution in [1.82, 2.24) is 10.2 Å². The van der Waals surface area contributed by atoms with Gasteiger partial charge in [0, 0.05) is 44.1 Å². The standard InChI is InChI=1S/C21H25N3/c1-3-8-20-18(6-1)10-11-19-7-2-4-9-21(19)24(20)15-5-14-23-16-12-22-13-17-23/h1-4,6-11,22H,5,12-17H2. The van der Waals surface area contributed by atoms with E-state index < -0.39 is 0 Å². The highest BCUT2D eigenvalue weighted by Gasteiger charge is 2.17. The summed E-state index contributed by atoms with van der Waals surface area (Å²) in [4.78, 5) is 5.07. The first-order valence-electron chi connectivity index (χ1n) is 8.98. The van der Waals surface area contributed by atoms with Crippen LogP contribution in [0.15, 0.2) is 48.5 Å². The highest BCUT2D eigenvalue weighted by Crippen LogP contribution is 2.36. The molecule has 0 aromatic heterocycles. The van der Waals surface area contributed by atoms with E-state index in [-0.39, 0.29) is 0 Å². The number of hydrogen-bond acceptors (Lipinski definition) is 3. The molecule has 0 aliphatic carbocycles. The molecule has 0 bridgehead atoms. The smallest absolute Gasteiger partial charge is 0.0484 e. The minimum absolute atomic E-state index is 1.06. The second-order valence-corrected chi connectivity index (χ2v) is 6.55. The molecule has 2 aromatic rings. The quantitative estimate of drug-likeness (QED) is 0.929. The number of anilines is 2. The third kappa shape index (κ3) is 3.23. The van der Waals surface area contributed by atoms with Crippen molar-refractivity contribution in [3.63, 3.8) is 0 Å². The molecule has 124 valence electrons. The van der Waals surface area contributed by atoms with Crippen LogP contribution in [0.3, 0.4) is 0 Å². The minimum atomic E-state index is 1.06. The van der Waals surface area contributed by atoms with Crippen LogP contribution in [-0.4, -0.2) is 44.2 Å². The summed E-state index contributed by atoms with van der Waals surface area (Å²) in [6.45, 7) is 6.83. The van der Waals surface area contributed by atoms with Crippen LogP contribution in [0.1, 0.15) is 17.5 Å². The maximum atomic E-state index is 3.43. The average molecular weight is 319 g/mol. The average Bonchev–Trinajstić information content (AvgIpc) is 2.80. The summed E-state index contributed by atoms with van der Waals surface area (Å²) < 4.78 is 0. The molecule has 0 radical (unpaired) electrons. The van der Waals surface area contributed by atoms with Crippen molar-refractivity contribution in [2.24, 2.45) is 0 Å². The monoisotopic (exact) mass is 319 g/mol. The summed E-state index contributed by atoms with van der Waals surface area (Å²) in [5.74, 6) is 0. The Labute approximate surface area is 144 Å². The molecule has 24 heavy (non-hydrogen) atoms. The molecule has 2 aliphatic heterocycles. The first-order chi connectivity index (χ1) is 11.9. The maximum Gasteiger partial charge on any atom is 0.0484 e. The number of hydrogen-bond donors (Lipinski definition) is 1. The van der Waals surface area contributed by atoms with Crippen LogP contribution in [0, 0.1) is 0 Å². The first-order valence-corrected chi connectivity index (χ1v) is 8.98. The van der Waals surface area contributed by atoms with E-state index in [0.29, 0.717) is 0 Å². The summed E-state index contributed by atoms with van der Waals surface area (Å²) in [6, 6.07) is 17.4. The fraction of sp³-hybridized carbons (Fsp3) is 0.333. The van der Waals surface area contributed by atoms with Gasteiger partial charge < -0.3 is 15.1 Å². The number of piperazine rings is 1. The van der Waals surface area contributed by atoms with Gasteiger partial charge in [-0.2, -0.15) is 0 Å². The number of fused-ring (bicyclic) bond motifs is 2. The van der Waals surface area contributed by atoms with Gasteiger partial charge in [-0.3, -0.25) is 0 Å². The van der Waals surface area contributed by atoms with Gasteiger partial charge in [-0.25, -0.2) is 0 Å². The normalized spacial score (nSPS) is 17.2. The molecule has 0 unspecified atom stereocenters. The fourth-order valence-corrected chi connectivity index (χ4v) is 3.69. The van der Waals surface area contributed by atoms with Gasteiger partial charge in [0.2, 0.25) is 0 Å². The number of benzene rings is 2. The third-order valence-electron chi connectivity index (χ3n) is 4.96. The zero-order chi connectivity index (χ0) is 16.2. The van der Waals surface area contributed by atoms with Crippen LogP contribution in [0.5, 0.6) is 0 Å². The summed E-state index contributed by atoms with van der Waals surface area (Å²) in [7, 11) is 0. The Bertz CT molecular complexity index is 667. The van der Waals surface area contributed by atoms with Crippen LogP contribution >= 0.6 is 0 Å². The van der Waals surface area contributed by atoms with Crippen LogP contribution in [0.2, 0.25) is 0 Å². The Hall–Kier alpha value is -2.10. The fourth-order valence-electron chi connectivity index (χ4n) is 3.69. The molecule has 0 spiro atoms. The van der Waals surface area contributed by atoms with E-state index in [0.717, 1.165) is 19.6 Å². The summed E-state index contributed by atoms with van der Waals surface area (Å²) in [6.07, 6.45) is 5.66. The van der Waals surface area contributed by atoms with Gasteiger partial charge >= 0.3 is 0 Å². The lowest BCUT2D eigenvalue weighted by Crippen LogP contribution is -2.44. The maximum absolute atomic E-state index is 3.43. The van der Waals surface area contributed by atoms with Crippen LogP contribution in [-0.2, 0) is 0 Å². The molecule has 2 aromatic carbocycles. The Morgan fingerprint density at radius 3 is 1.96 bits per heavy atom. The molecule has 3 nitrogen and oxygen atoms in total.